The van der Waals surface area contributed by atoms with Gasteiger partial charge in [-0.2, -0.15) is 0 Å². The van der Waals surface area contributed by atoms with E-state index in [1.807, 2.05) is 6.92 Å². The summed E-state index contributed by atoms with van der Waals surface area (Å²) in [6.45, 7) is 5.20. The molecule has 0 aromatic carbocycles. The molecule has 1 N–H and O–H groups in total. The van der Waals surface area contributed by atoms with Crippen LogP contribution >= 0.6 is 15.9 Å². The van der Waals surface area contributed by atoms with E-state index >= 15 is 0 Å². The molecule has 1 heterocycles. The molecule has 100 valence electrons. The first-order valence-electron chi connectivity index (χ1n) is 7.06. The zero-order valence-electron chi connectivity index (χ0n) is 11.1. The molecule has 0 amide bonds. The number of nitrogens with zero attached hydrogens (tertiary/aromatic N) is 1. The highest BCUT2D eigenvalue weighted by molar-refractivity contribution is 9.09. The lowest BCUT2D eigenvalue weighted by Gasteiger charge is -2.44. The van der Waals surface area contributed by atoms with E-state index in [-0.39, 0.29) is 0 Å². The molecule has 0 aromatic rings. The highest BCUT2D eigenvalue weighted by atomic mass is 79.9. The number of rotatable bonds is 3. The van der Waals surface area contributed by atoms with Gasteiger partial charge in [-0.25, -0.2) is 0 Å². The van der Waals surface area contributed by atoms with Crippen LogP contribution in [-0.4, -0.2) is 40.6 Å². The van der Waals surface area contributed by atoms with Gasteiger partial charge in [0.25, 0.3) is 0 Å². The molecule has 1 unspecified atom stereocenters. The Balaban J connectivity index is 1.93. The van der Waals surface area contributed by atoms with Gasteiger partial charge < -0.3 is 5.11 Å². The summed E-state index contributed by atoms with van der Waals surface area (Å²) in [6, 6.07) is 0. The number of halogens is 1. The van der Waals surface area contributed by atoms with E-state index in [9.17, 15) is 5.11 Å². The molecule has 0 aromatic heterocycles. The van der Waals surface area contributed by atoms with Crippen molar-refractivity contribution in [3.63, 3.8) is 0 Å². The number of likely N-dealkylation sites (tertiary alicyclic amines) is 1. The molecular formula is C14H26BrNO. The molecule has 1 aliphatic carbocycles. The third-order valence-electron chi connectivity index (χ3n) is 4.51. The van der Waals surface area contributed by atoms with Crippen molar-refractivity contribution in [2.75, 3.05) is 25.0 Å². The van der Waals surface area contributed by atoms with Crippen LogP contribution in [0, 0.1) is 5.41 Å². The molecule has 0 radical (unpaired) electrons. The quantitative estimate of drug-likeness (QED) is 0.810. The summed E-state index contributed by atoms with van der Waals surface area (Å²) >= 11 is 3.73. The number of hydrogen-bond acceptors (Lipinski definition) is 2. The van der Waals surface area contributed by atoms with E-state index in [1.165, 1.54) is 45.2 Å². The molecule has 2 nitrogen and oxygen atoms in total. The van der Waals surface area contributed by atoms with Crippen molar-refractivity contribution in [3.8, 4) is 0 Å². The maximum Gasteiger partial charge on any atom is 0.0746 e. The topological polar surface area (TPSA) is 23.5 Å². The maximum absolute atomic E-state index is 10.2. The summed E-state index contributed by atoms with van der Waals surface area (Å²) in [5, 5.41) is 11.3. The van der Waals surface area contributed by atoms with Crippen molar-refractivity contribution in [3.05, 3.63) is 0 Å². The minimum Gasteiger partial charge on any atom is -0.389 e. The molecule has 3 heteroatoms. The van der Waals surface area contributed by atoms with Gasteiger partial charge in [0.1, 0.15) is 0 Å². The predicted molar refractivity (Wildman–Crippen MR) is 75.6 cm³/mol. The van der Waals surface area contributed by atoms with Gasteiger partial charge >= 0.3 is 0 Å². The average molecular weight is 304 g/mol. The Morgan fingerprint density at radius 2 is 1.82 bits per heavy atom. The van der Waals surface area contributed by atoms with E-state index in [4.69, 9.17) is 0 Å². The van der Waals surface area contributed by atoms with Crippen LogP contribution in [0.15, 0.2) is 0 Å². The Hall–Kier alpha value is 0.400. The van der Waals surface area contributed by atoms with Gasteiger partial charge in [-0.1, -0.05) is 35.2 Å². The molecule has 2 aliphatic rings. The smallest absolute Gasteiger partial charge is 0.0746 e. The number of alkyl halides is 1. The van der Waals surface area contributed by atoms with E-state index in [0.29, 0.717) is 5.41 Å². The van der Waals surface area contributed by atoms with Crippen molar-refractivity contribution in [2.45, 2.75) is 57.5 Å². The molecule has 2 rings (SSSR count). The maximum atomic E-state index is 10.2. The Labute approximate surface area is 114 Å². The Morgan fingerprint density at radius 1 is 1.12 bits per heavy atom. The molecule has 1 saturated carbocycles. The third kappa shape index (κ3) is 3.68. The van der Waals surface area contributed by atoms with Gasteiger partial charge in [0.2, 0.25) is 0 Å². The van der Waals surface area contributed by atoms with Crippen LogP contribution in [0.4, 0.5) is 0 Å². The fourth-order valence-corrected chi connectivity index (χ4v) is 4.31. The molecule has 17 heavy (non-hydrogen) atoms. The lowest BCUT2D eigenvalue weighted by Crippen LogP contribution is -2.50. The Kier molecular flexibility index (Phi) is 4.54. The van der Waals surface area contributed by atoms with E-state index in [1.54, 1.807) is 0 Å². The average Bonchev–Trinajstić information content (AvgIpc) is 2.29. The zero-order valence-corrected chi connectivity index (χ0v) is 12.6. The largest absolute Gasteiger partial charge is 0.389 e. The monoisotopic (exact) mass is 303 g/mol. The summed E-state index contributed by atoms with van der Waals surface area (Å²) in [6.07, 6.45) is 9.00. The second-order valence-corrected chi connectivity index (χ2v) is 7.07. The van der Waals surface area contributed by atoms with Gasteiger partial charge in [-0.15, -0.1) is 0 Å². The predicted octanol–water partition coefficient (Wildman–Crippen LogP) is 3.18. The van der Waals surface area contributed by atoms with Gasteiger partial charge in [-0.3, -0.25) is 4.90 Å². The standard InChI is InChI=1S/C14H26BrNO/c1-13(17)6-5-9-16(11-13)12-14(10-15)7-3-2-4-8-14/h17H,2-12H2,1H3. The highest BCUT2D eigenvalue weighted by Crippen LogP contribution is 2.39. The second-order valence-electron chi connectivity index (χ2n) is 6.51. The number of piperidine rings is 1. The molecule has 0 spiro atoms. The van der Waals surface area contributed by atoms with E-state index in [2.05, 4.69) is 20.8 Å². The van der Waals surface area contributed by atoms with Crippen LogP contribution in [0.2, 0.25) is 0 Å². The zero-order chi connectivity index (χ0) is 12.4. The van der Waals surface area contributed by atoms with Crippen LogP contribution in [0.3, 0.4) is 0 Å². The van der Waals surface area contributed by atoms with Crippen LogP contribution in [-0.2, 0) is 0 Å². The molecule has 1 saturated heterocycles. The molecule has 2 fully saturated rings. The third-order valence-corrected chi connectivity index (χ3v) is 5.70. The van der Waals surface area contributed by atoms with Crippen molar-refractivity contribution in [1.29, 1.82) is 0 Å². The SMILES string of the molecule is CC1(O)CCCN(CC2(CBr)CCCCC2)C1. The summed E-state index contributed by atoms with van der Waals surface area (Å²) in [7, 11) is 0. The number of β-amino-alcohol motifs (C(OH)–C–C–N with tert-alkyl or cyclic N) is 1. The molecule has 0 bridgehead atoms. The van der Waals surface area contributed by atoms with E-state index < -0.39 is 5.60 Å². The van der Waals surface area contributed by atoms with Gasteiger partial charge in [-0.05, 0) is 44.6 Å². The normalized spacial score (nSPS) is 34.8. The molecule has 1 aliphatic heterocycles. The van der Waals surface area contributed by atoms with Crippen LogP contribution < -0.4 is 0 Å². The highest BCUT2D eigenvalue weighted by Gasteiger charge is 2.36. The Morgan fingerprint density at radius 3 is 2.41 bits per heavy atom. The van der Waals surface area contributed by atoms with E-state index in [0.717, 1.165) is 24.7 Å². The second kappa shape index (κ2) is 5.58. The van der Waals surface area contributed by atoms with Crippen molar-refractivity contribution in [1.82, 2.24) is 4.90 Å². The van der Waals surface area contributed by atoms with Gasteiger partial charge in [0.05, 0.1) is 5.60 Å². The van der Waals surface area contributed by atoms with Crippen LogP contribution in [0.5, 0.6) is 0 Å². The summed E-state index contributed by atoms with van der Waals surface area (Å²) in [4.78, 5) is 2.50. The Bertz CT molecular complexity index is 249. The van der Waals surface area contributed by atoms with Crippen molar-refractivity contribution >= 4 is 15.9 Å². The fourth-order valence-electron chi connectivity index (χ4n) is 3.57. The molecular weight excluding hydrogens is 278 g/mol. The number of hydrogen-bond donors (Lipinski definition) is 1. The first-order valence-corrected chi connectivity index (χ1v) is 8.18. The first-order chi connectivity index (χ1) is 8.05. The number of aliphatic hydroxyl groups is 1. The van der Waals surface area contributed by atoms with Crippen LogP contribution in [0.25, 0.3) is 0 Å². The summed E-state index contributed by atoms with van der Waals surface area (Å²) < 4.78 is 0. The van der Waals surface area contributed by atoms with Gasteiger partial charge in [0, 0.05) is 18.4 Å². The fraction of sp³-hybridized carbons (Fsp3) is 1.00. The lowest BCUT2D eigenvalue weighted by atomic mass is 9.75. The first kappa shape index (κ1) is 13.8. The van der Waals surface area contributed by atoms with Crippen LogP contribution in [0.1, 0.15) is 51.9 Å². The van der Waals surface area contributed by atoms with Gasteiger partial charge in [0.15, 0.2) is 0 Å². The summed E-state index contributed by atoms with van der Waals surface area (Å²) in [5.74, 6) is 0. The lowest BCUT2D eigenvalue weighted by molar-refractivity contribution is -0.0298. The molecule has 1 atom stereocenters. The van der Waals surface area contributed by atoms with Crippen molar-refractivity contribution in [2.24, 2.45) is 5.41 Å². The minimum atomic E-state index is -0.458. The van der Waals surface area contributed by atoms with Crippen molar-refractivity contribution < 1.29 is 5.11 Å². The summed E-state index contributed by atoms with van der Waals surface area (Å²) in [5.41, 5.74) is 0.0199. The minimum absolute atomic E-state index is 0.458.